The average Bonchev–Trinajstić information content (AvgIpc) is 2.85. The zero-order valence-corrected chi connectivity index (χ0v) is 12.2. The smallest absolute Gasteiger partial charge is 0.270 e. The van der Waals surface area contributed by atoms with Gasteiger partial charge in [0.25, 0.3) is 5.69 Å². The zero-order valence-electron chi connectivity index (χ0n) is 10.1. The second-order valence-corrected chi connectivity index (χ2v) is 5.64. The Labute approximate surface area is 119 Å². The molecule has 2 unspecified atom stereocenters. The highest BCUT2D eigenvalue weighted by atomic mass is 127. The van der Waals surface area contributed by atoms with Crippen molar-refractivity contribution in [2.75, 3.05) is 18.5 Å². The molecule has 98 valence electrons. The Hall–Kier alpha value is -0.890. The van der Waals surface area contributed by atoms with Crippen LogP contribution in [0.25, 0.3) is 0 Å². The average molecular weight is 362 g/mol. The normalized spacial score (nSPS) is 20.7. The van der Waals surface area contributed by atoms with Crippen LogP contribution < -0.4 is 5.32 Å². The quantitative estimate of drug-likeness (QED) is 0.508. The van der Waals surface area contributed by atoms with Gasteiger partial charge >= 0.3 is 0 Å². The fourth-order valence-electron chi connectivity index (χ4n) is 2.04. The minimum atomic E-state index is -0.375. The SMILES string of the molecule is CC(Nc1ccc([N+](=O)[O-])cc1I)C1CCOC1. The minimum Gasteiger partial charge on any atom is -0.381 e. The van der Waals surface area contributed by atoms with Crippen LogP contribution in [-0.4, -0.2) is 24.2 Å². The van der Waals surface area contributed by atoms with Gasteiger partial charge < -0.3 is 10.1 Å². The van der Waals surface area contributed by atoms with E-state index in [1.54, 1.807) is 12.1 Å². The number of halogens is 1. The van der Waals surface area contributed by atoms with Crippen LogP contribution in [-0.2, 0) is 4.74 Å². The topological polar surface area (TPSA) is 64.4 Å². The first-order valence-corrected chi connectivity index (χ1v) is 6.94. The fraction of sp³-hybridized carbons (Fsp3) is 0.500. The number of non-ortho nitro benzene ring substituents is 1. The van der Waals surface area contributed by atoms with E-state index in [0.29, 0.717) is 12.0 Å². The van der Waals surface area contributed by atoms with Crippen LogP contribution in [0.3, 0.4) is 0 Å². The van der Waals surface area contributed by atoms with Crippen molar-refractivity contribution < 1.29 is 9.66 Å². The molecule has 1 N–H and O–H groups in total. The zero-order chi connectivity index (χ0) is 13.1. The van der Waals surface area contributed by atoms with Gasteiger partial charge in [-0.3, -0.25) is 10.1 Å². The first-order chi connectivity index (χ1) is 8.58. The third-order valence-corrected chi connectivity index (χ3v) is 4.11. The molecular formula is C12H15IN2O3. The molecule has 1 aromatic rings. The number of nitro benzene ring substituents is 1. The van der Waals surface area contributed by atoms with Crippen LogP contribution in [0.5, 0.6) is 0 Å². The molecular weight excluding hydrogens is 347 g/mol. The lowest BCUT2D eigenvalue weighted by Gasteiger charge is -2.21. The Morgan fingerprint density at radius 2 is 2.39 bits per heavy atom. The first kappa shape index (κ1) is 13.5. The molecule has 0 bridgehead atoms. The second kappa shape index (κ2) is 5.83. The van der Waals surface area contributed by atoms with Gasteiger partial charge in [-0.05, 0) is 42.0 Å². The van der Waals surface area contributed by atoms with Gasteiger partial charge in [0.05, 0.1) is 11.5 Å². The van der Waals surface area contributed by atoms with Gasteiger partial charge in [0.15, 0.2) is 0 Å². The summed E-state index contributed by atoms with van der Waals surface area (Å²) in [6, 6.07) is 5.19. The highest BCUT2D eigenvalue weighted by Gasteiger charge is 2.22. The maximum absolute atomic E-state index is 10.7. The summed E-state index contributed by atoms with van der Waals surface area (Å²) in [6.45, 7) is 3.74. The lowest BCUT2D eigenvalue weighted by Crippen LogP contribution is -2.26. The summed E-state index contributed by atoms with van der Waals surface area (Å²) in [7, 11) is 0. The number of anilines is 1. The third-order valence-electron chi connectivity index (χ3n) is 3.22. The van der Waals surface area contributed by atoms with Crippen molar-refractivity contribution in [3.05, 3.63) is 31.9 Å². The van der Waals surface area contributed by atoms with E-state index in [1.807, 2.05) is 0 Å². The molecule has 1 heterocycles. The molecule has 6 heteroatoms. The lowest BCUT2D eigenvalue weighted by molar-refractivity contribution is -0.384. The van der Waals surface area contributed by atoms with Crippen LogP contribution in [0.2, 0.25) is 0 Å². The summed E-state index contributed by atoms with van der Waals surface area (Å²) >= 11 is 2.12. The van der Waals surface area contributed by atoms with Crippen molar-refractivity contribution in [1.29, 1.82) is 0 Å². The minimum absolute atomic E-state index is 0.127. The largest absolute Gasteiger partial charge is 0.381 e. The van der Waals surface area contributed by atoms with Crippen molar-refractivity contribution in [2.45, 2.75) is 19.4 Å². The highest BCUT2D eigenvalue weighted by Crippen LogP contribution is 2.26. The molecule has 0 spiro atoms. The summed E-state index contributed by atoms with van der Waals surface area (Å²) in [4.78, 5) is 10.3. The van der Waals surface area contributed by atoms with E-state index in [4.69, 9.17) is 4.74 Å². The molecule has 2 atom stereocenters. The number of nitro groups is 1. The van der Waals surface area contributed by atoms with Crippen LogP contribution in [0.4, 0.5) is 11.4 Å². The number of nitrogens with one attached hydrogen (secondary N) is 1. The standard InChI is InChI=1S/C12H15IN2O3/c1-8(9-4-5-18-7-9)14-12-3-2-10(15(16)17)6-11(12)13/h2-3,6,8-9,14H,4-5,7H2,1H3. The number of rotatable bonds is 4. The second-order valence-electron chi connectivity index (χ2n) is 4.48. The summed E-state index contributed by atoms with van der Waals surface area (Å²) < 4.78 is 6.23. The highest BCUT2D eigenvalue weighted by molar-refractivity contribution is 14.1. The monoisotopic (exact) mass is 362 g/mol. The Balaban J connectivity index is 2.06. The Bertz CT molecular complexity index is 447. The Morgan fingerprint density at radius 3 is 2.94 bits per heavy atom. The van der Waals surface area contributed by atoms with Crippen molar-refractivity contribution in [1.82, 2.24) is 0 Å². The molecule has 0 radical (unpaired) electrons. The first-order valence-electron chi connectivity index (χ1n) is 5.86. The van der Waals surface area contributed by atoms with E-state index in [2.05, 4.69) is 34.8 Å². The van der Waals surface area contributed by atoms with E-state index in [9.17, 15) is 10.1 Å². The van der Waals surface area contributed by atoms with Crippen LogP contribution in [0.15, 0.2) is 18.2 Å². The molecule has 18 heavy (non-hydrogen) atoms. The van der Waals surface area contributed by atoms with Gasteiger partial charge in [0.2, 0.25) is 0 Å². The summed E-state index contributed by atoms with van der Waals surface area (Å²) in [5, 5.41) is 14.1. The Kier molecular flexibility index (Phi) is 4.39. The van der Waals surface area contributed by atoms with E-state index in [1.165, 1.54) is 6.07 Å². The maximum Gasteiger partial charge on any atom is 0.270 e. The van der Waals surface area contributed by atoms with Crippen LogP contribution in [0.1, 0.15) is 13.3 Å². The molecule has 2 rings (SSSR count). The van der Waals surface area contributed by atoms with Gasteiger partial charge in [-0.1, -0.05) is 0 Å². The van der Waals surface area contributed by atoms with Gasteiger partial charge in [0, 0.05) is 40.0 Å². The lowest BCUT2D eigenvalue weighted by atomic mass is 10.0. The number of hydrogen-bond donors (Lipinski definition) is 1. The molecule has 1 aliphatic rings. The molecule has 1 fully saturated rings. The fourth-order valence-corrected chi connectivity index (χ4v) is 2.70. The van der Waals surface area contributed by atoms with Gasteiger partial charge in [-0.2, -0.15) is 0 Å². The van der Waals surface area contributed by atoms with Crippen molar-refractivity contribution in [2.24, 2.45) is 5.92 Å². The summed E-state index contributed by atoms with van der Waals surface area (Å²) in [5.74, 6) is 0.510. The summed E-state index contributed by atoms with van der Waals surface area (Å²) in [5.41, 5.74) is 1.07. The third kappa shape index (κ3) is 3.11. The number of ether oxygens (including phenoxy) is 1. The number of benzene rings is 1. The predicted octanol–water partition coefficient (Wildman–Crippen LogP) is 3.04. The van der Waals surface area contributed by atoms with Gasteiger partial charge in [0.1, 0.15) is 0 Å². The predicted molar refractivity (Wildman–Crippen MR) is 77.8 cm³/mol. The van der Waals surface area contributed by atoms with Crippen molar-refractivity contribution in [3.8, 4) is 0 Å². The molecule has 0 amide bonds. The molecule has 1 aromatic carbocycles. The van der Waals surface area contributed by atoms with E-state index in [-0.39, 0.29) is 10.6 Å². The van der Waals surface area contributed by atoms with Crippen LogP contribution in [0, 0.1) is 19.6 Å². The molecule has 5 nitrogen and oxygen atoms in total. The van der Waals surface area contributed by atoms with Crippen molar-refractivity contribution >= 4 is 34.0 Å². The van der Waals surface area contributed by atoms with E-state index in [0.717, 1.165) is 28.9 Å². The van der Waals surface area contributed by atoms with Gasteiger partial charge in [-0.15, -0.1) is 0 Å². The van der Waals surface area contributed by atoms with E-state index >= 15 is 0 Å². The maximum atomic E-state index is 10.7. The molecule has 1 saturated heterocycles. The Morgan fingerprint density at radius 1 is 1.61 bits per heavy atom. The molecule has 1 aliphatic heterocycles. The van der Waals surface area contributed by atoms with Gasteiger partial charge in [-0.25, -0.2) is 0 Å². The summed E-state index contributed by atoms with van der Waals surface area (Å²) in [6.07, 6.45) is 1.07. The van der Waals surface area contributed by atoms with Crippen LogP contribution >= 0.6 is 22.6 Å². The van der Waals surface area contributed by atoms with E-state index < -0.39 is 0 Å². The molecule has 0 saturated carbocycles. The number of hydrogen-bond acceptors (Lipinski definition) is 4. The molecule has 0 aliphatic carbocycles. The molecule has 0 aromatic heterocycles. The van der Waals surface area contributed by atoms with Crippen molar-refractivity contribution in [3.63, 3.8) is 0 Å². The number of nitrogens with zero attached hydrogens (tertiary/aromatic N) is 1.